The molecular weight excluding hydrogens is 398 g/mol. The number of piperazine rings is 1. The first-order chi connectivity index (χ1) is 15.4. The van der Waals surface area contributed by atoms with E-state index in [0.29, 0.717) is 11.7 Å². The molecule has 0 atom stereocenters. The van der Waals surface area contributed by atoms with Gasteiger partial charge in [-0.25, -0.2) is 0 Å². The number of anilines is 1. The van der Waals surface area contributed by atoms with Gasteiger partial charge in [-0.05, 0) is 53.5 Å². The molecule has 0 bridgehead atoms. The number of allylic oxidation sites excluding steroid dienone is 2. The summed E-state index contributed by atoms with van der Waals surface area (Å²) in [5.41, 5.74) is 12.0. The number of nitrogens with two attached hydrogens (primary N) is 1. The van der Waals surface area contributed by atoms with E-state index >= 15 is 0 Å². The van der Waals surface area contributed by atoms with Gasteiger partial charge >= 0.3 is 0 Å². The lowest BCUT2D eigenvalue weighted by molar-refractivity contribution is 0.307. The van der Waals surface area contributed by atoms with Gasteiger partial charge in [0.2, 0.25) is 0 Å². The molecular formula is C27H35N3O2. The quantitative estimate of drug-likeness (QED) is 0.470. The fourth-order valence-corrected chi connectivity index (χ4v) is 3.80. The number of hydrogen-bond donors (Lipinski definition) is 1. The molecule has 2 aromatic carbocycles. The van der Waals surface area contributed by atoms with Crippen molar-refractivity contribution < 1.29 is 9.47 Å². The molecule has 0 aliphatic carbocycles. The Kier molecular flexibility index (Phi) is 7.87. The average Bonchev–Trinajstić information content (AvgIpc) is 2.84. The Hall–Kier alpha value is -3.34. The lowest BCUT2D eigenvalue weighted by Gasteiger charge is -2.38. The van der Waals surface area contributed by atoms with Crippen molar-refractivity contribution in [1.82, 2.24) is 4.90 Å². The van der Waals surface area contributed by atoms with E-state index in [1.807, 2.05) is 24.3 Å². The van der Waals surface area contributed by atoms with E-state index < -0.39 is 0 Å². The third-order valence-corrected chi connectivity index (χ3v) is 5.91. The number of rotatable bonds is 8. The fourth-order valence-electron chi connectivity index (χ4n) is 3.80. The third-order valence-electron chi connectivity index (χ3n) is 5.91. The summed E-state index contributed by atoms with van der Waals surface area (Å²) in [6, 6.07) is 16.8. The standard InChI is InChI=1S/C27H35N3O2/c1-20(2)22-7-9-23(10-8-22)27(28)26(15-6-21(3)31-4)30-18-16-29(17-19-30)24-11-13-25(32-5)14-12-24/h6-15,20H,3,16-19,28H2,1-2,4-5H3/b15-6-,27-26+. The van der Waals surface area contributed by atoms with Crippen molar-refractivity contribution in [2.45, 2.75) is 19.8 Å². The summed E-state index contributed by atoms with van der Waals surface area (Å²) >= 11 is 0. The predicted octanol–water partition coefficient (Wildman–Crippen LogP) is 4.98. The van der Waals surface area contributed by atoms with Crippen molar-refractivity contribution in [2.75, 3.05) is 45.3 Å². The Morgan fingerprint density at radius 2 is 1.56 bits per heavy atom. The summed E-state index contributed by atoms with van der Waals surface area (Å²) in [6.07, 6.45) is 3.89. The minimum Gasteiger partial charge on any atom is -0.497 e. The molecule has 3 rings (SSSR count). The molecule has 1 aliphatic rings. The first-order valence-corrected chi connectivity index (χ1v) is 11.1. The highest BCUT2D eigenvalue weighted by atomic mass is 16.5. The van der Waals surface area contributed by atoms with Crippen LogP contribution >= 0.6 is 0 Å². The van der Waals surface area contributed by atoms with E-state index in [2.05, 4.69) is 66.6 Å². The summed E-state index contributed by atoms with van der Waals surface area (Å²) in [7, 11) is 3.31. The van der Waals surface area contributed by atoms with Crippen LogP contribution in [0.5, 0.6) is 5.75 Å². The summed E-state index contributed by atoms with van der Waals surface area (Å²) in [6.45, 7) is 11.9. The topological polar surface area (TPSA) is 51.0 Å². The summed E-state index contributed by atoms with van der Waals surface area (Å²) in [5, 5.41) is 0. The maximum Gasteiger partial charge on any atom is 0.119 e. The van der Waals surface area contributed by atoms with Gasteiger partial charge in [0, 0.05) is 31.9 Å². The first kappa shape index (κ1) is 23.3. The molecule has 32 heavy (non-hydrogen) atoms. The Bertz CT molecular complexity index is 951. The zero-order valence-electron chi connectivity index (χ0n) is 19.7. The van der Waals surface area contributed by atoms with Gasteiger partial charge in [0.15, 0.2) is 0 Å². The highest BCUT2D eigenvalue weighted by molar-refractivity contribution is 5.68. The normalized spacial score (nSPS) is 15.2. The van der Waals surface area contributed by atoms with Crippen LogP contribution in [0, 0.1) is 0 Å². The van der Waals surface area contributed by atoms with Crippen molar-refractivity contribution in [2.24, 2.45) is 5.73 Å². The Balaban J connectivity index is 1.81. The lowest BCUT2D eigenvalue weighted by Crippen LogP contribution is -2.46. The molecule has 0 radical (unpaired) electrons. The van der Waals surface area contributed by atoms with E-state index in [0.717, 1.165) is 48.9 Å². The van der Waals surface area contributed by atoms with Gasteiger partial charge in [-0.15, -0.1) is 0 Å². The lowest BCUT2D eigenvalue weighted by atomic mass is 10.00. The number of methoxy groups -OCH3 is 2. The van der Waals surface area contributed by atoms with Crippen molar-refractivity contribution in [1.29, 1.82) is 0 Å². The van der Waals surface area contributed by atoms with E-state index in [4.69, 9.17) is 15.2 Å². The zero-order valence-corrected chi connectivity index (χ0v) is 19.7. The fraction of sp³-hybridized carbons (Fsp3) is 0.333. The summed E-state index contributed by atoms with van der Waals surface area (Å²) in [5.74, 6) is 1.96. The van der Waals surface area contributed by atoms with Crippen LogP contribution in [-0.2, 0) is 4.74 Å². The molecule has 0 saturated carbocycles. The minimum absolute atomic E-state index is 0.490. The first-order valence-electron chi connectivity index (χ1n) is 11.1. The van der Waals surface area contributed by atoms with Crippen LogP contribution < -0.4 is 15.4 Å². The van der Waals surface area contributed by atoms with Gasteiger partial charge in [-0.2, -0.15) is 0 Å². The van der Waals surface area contributed by atoms with Gasteiger partial charge in [-0.1, -0.05) is 44.7 Å². The van der Waals surface area contributed by atoms with Crippen LogP contribution in [0.25, 0.3) is 5.70 Å². The van der Waals surface area contributed by atoms with Gasteiger partial charge in [0.25, 0.3) is 0 Å². The van der Waals surface area contributed by atoms with Gasteiger partial charge < -0.3 is 25.0 Å². The second-order valence-electron chi connectivity index (χ2n) is 8.25. The van der Waals surface area contributed by atoms with Crippen LogP contribution in [0.2, 0.25) is 0 Å². The van der Waals surface area contributed by atoms with Crippen LogP contribution in [0.4, 0.5) is 5.69 Å². The van der Waals surface area contributed by atoms with Crippen LogP contribution in [0.3, 0.4) is 0 Å². The minimum atomic E-state index is 0.490. The smallest absolute Gasteiger partial charge is 0.119 e. The summed E-state index contributed by atoms with van der Waals surface area (Å²) < 4.78 is 10.5. The number of hydrogen-bond acceptors (Lipinski definition) is 5. The van der Waals surface area contributed by atoms with Crippen LogP contribution in [0.1, 0.15) is 30.9 Å². The van der Waals surface area contributed by atoms with E-state index in [-0.39, 0.29) is 0 Å². The molecule has 2 N–H and O–H groups in total. The number of ether oxygens (including phenoxy) is 2. The van der Waals surface area contributed by atoms with E-state index in [9.17, 15) is 0 Å². The molecule has 2 aromatic rings. The zero-order chi connectivity index (χ0) is 23.1. The van der Waals surface area contributed by atoms with Crippen LogP contribution in [0.15, 0.2) is 78.7 Å². The highest BCUT2D eigenvalue weighted by Crippen LogP contribution is 2.25. The number of benzene rings is 2. The largest absolute Gasteiger partial charge is 0.497 e. The van der Waals surface area contributed by atoms with Crippen molar-refractivity contribution in [3.8, 4) is 5.75 Å². The molecule has 0 amide bonds. The maximum atomic E-state index is 6.69. The van der Waals surface area contributed by atoms with Gasteiger partial charge in [0.05, 0.1) is 25.6 Å². The van der Waals surface area contributed by atoms with Crippen molar-refractivity contribution in [3.63, 3.8) is 0 Å². The molecule has 1 fully saturated rings. The summed E-state index contributed by atoms with van der Waals surface area (Å²) in [4.78, 5) is 4.73. The number of nitrogens with zero attached hydrogens (tertiary/aromatic N) is 2. The Labute approximate surface area is 192 Å². The van der Waals surface area contributed by atoms with Crippen molar-refractivity contribution in [3.05, 3.63) is 89.8 Å². The Morgan fingerprint density at radius 3 is 2.09 bits per heavy atom. The maximum absolute atomic E-state index is 6.69. The molecule has 1 heterocycles. The molecule has 0 aromatic heterocycles. The van der Waals surface area contributed by atoms with Gasteiger partial charge in [0.1, 0.15) is 11.5 Å². The van der Waals surface area contributed by atoms with E-state index in [1.165, 1.54) is 11.3 Å². The molecule has 0 unspecified atom stereocenters. The predicted molar refractivity (Wildman–Crippen MR) is 134 cm³/mol. The van der Waals surface area contributed by atoms with E-state index in [1.54, 1.807) is 14.2 Å². The van der Waals surface area contributed by atoms with Crippen LogP contribution in [-0.4, -0.2) is 45.3 Å². The molecule has 1 aliphatic heterocycles. The molecule has 5 nitrogen and oxygen atoms in total. The second-order valence-corrected chi connectivity index (χ2v) is 8.25. The SMILES string of the molecule is C=C(/C=C\C(=C(/N)c1ccc(C(C)C)cc1)N1CCN(c2ccc(OC)cc2)CC1)OC. The van der Waals surface area contributed by atoms with Gasteiger partial charge in [-0.3, -0.25) is 0 Å². The second kappa shape index (κ2) is 10.8. The monoisotopic (exact) mass is 433 g/mol. The molecule has 0 spiro atoms. The highest BCUT2D eigenvalue weighted by Gasteiger charge is 2.20. The molecule has 5 heteroatoms. The third kappa shape index (κ3) is 5.67. The molecule has 170 valence electrons. The Morgan fingerprint density at radius 1 is 0.938 bits per heavy atom. The molecule has 1 saturated heterocycles. The van der Waals surface area contributed by atoms with Crippen molar-refractivity contribution >= 4 is 11.4 Å². The average molecular weight is 434 g/mol.